The monoisotopic (exact) mass is 1620 g/mol. The number of amides is 6. The number of pyridine rings is 3. The van der Waals surface area contributed by atoms with E-state index in [9.17, 15) is 43.2 Å². The molecule has 0 aliphatic heterocycles. The van der Waals surface area contributed by atoms with Gasteiger partial charge >= 0.3 is 17.1 Å². The number of nitrogens with two attached hydrogens (primary N) is 3. The fourth-order valence-electron chi connectivity index (χ4n) is 12.7. The van der Waals surface area contributed by atoms with Gasteiger partial charge in [-0.3, -0.25) is 52.3 Å². The number of nitrogens with one attached hydrogen (secondary N) is 6. The molecule has 15 aromatic rings. The van der Waals surface area contributed by atoms with E-state index < -0.39 is 34.8 Å². The molecule has 16 rings (SSSR count). The van der Waals surface area contributed by atoms with Crippen molar-refractivity contribution in [2.24, 2.45) is 0 Å². The van der Waals surface area contributed by atoms with Crippen LogP contribution in [0.25, 0.3) is 67.6 Å². The maximum Gasteiger partial charge on any atom is 0.339 e. The van der Waals surface area contributed by atoms with Gasteiger partial charge in [-0.2, -0.15) is 0 Å². The van der Waals surface area contributed by atoms with Crippen LogP contribution < -0.4 is 66.2 Å². The number of rotatable bonds is 18. The molecule has 604 valence electrons. The number of carbonyl (C=O) groups excluding carboxylic acids is 6. The lowest BCUT2D eigenvalue weighted by Crippen LogP contribution is -2.22. The standard InChI is InChI=1S/C31H27N9O3.C29H25N9O3.C27H20N8O3/c1-38(22-14-15-22)17-5-9-26(41)36-21-6-4-7-24(18-21)40-29-27(28(32)34-19-35-29)39(31(40)43)23-12-10-20(11-13-23)30(42)37-25-8-2-3-16-33-25;1-36(2)16-6-10-24(39)34-20-7-5-8-22(17-20)38-27-25(26(30)32-18-33-27)37(29(38)41)21-13-11-19(12-14-21)28(40)35-23-9-3-4-15-31-23;1-2-6-22(36)32-18-7-5-8-20(15-18)35-25-23(24(28)30-16-31-25)34(27(35)38)19-12-10-17(11-13-19)26(37)33-21-9-3-4-14-29-21/h2-4,6-8,10-13,16,18-19,22H,14-15,17H2,1H3,(H,36,41)(H2,32,34,35)(H,33,37,42);3-5,7-9,11-15,17-18H,16H2,1-2H3,(H,34,39)(H2,30,32,33)(H,31,35,40);3-5,7-16H,1H3,(H,32,36)(H2,28,30,31)(H,29,33,37). The van der Waals surface area contributed by atoms with Crippen LogP contribution in [0, 0.1) is 35.5 Å². The van der Waals surface area contributed by atoms with Gasteiger partial charge in [0, 0.05) is 58.4 Å². The van der Waals surface area contributed by atoms with E-state index in [2.05, 4.69) is 117 Å². The van der Waals surface area contributed by atoms with E-state index in [0.29, 0.717) is 121 Å². The summed E-state index contributed by atoms with van der Waals surface area (Å²) >= 11 is 0. The molecule has 35 heteroatoms. The Balaban J connectivity index is 0.000000150. The number of benzene rings is 6. The maximum absolute atomic E-state index is 13.9. The molecule has 6 amide bonds. The lowest BCUT2D eigenvalue weighted by Gasteiger charge is -2.10. The molecule has 6 aromatic carbocycles. The van der Waals surface area contributed by atoms with Crippen LogP contribution in [0.4, 0.5) is 52.0 Å². The third-order valence-electron chi connectivity index (χ3n) is 18.5. The molecule has 122 heavy (non-hydrogen) atoms. The van der Waals surface area contributed by atoms with Crippen LogP contribution in [-0.4, -0.2) is 158 Å². The quantitative estimate of drug-likeness (QED) is 0.0368. The molecular formula is C87H72N26O9. The van der Waals surface area contributed by atoms with Crippen LogP contribution in [0.1, 0.15) is 50.8 Å². The first-order valence-electron chi connectivity index (χ1n) is 37.4. The topological polar surface area (TPSA) is 456 Å². The molecule has 0 saturated heterocycles. The summed E-state index contributed by atoms with van der Waals surface area (Å²) in [4.78, 5) is 158. The predicted octanol–water partition coefficient (Wildman–Crippen LogP) is 7.90. The minimum atomic E-state index is -0.475. The summed E-state index contributed by atoms with van der Waals surface area (Å²) in [6.07, 6.45) is 10.9. The number of carbonyl (C=O) groups is 6. The largest absolute Gasteiger partial charge is 0.382 e. The number of hydrogen-bond acceptors (Lipinski definition) is 23. The van der Waals surface area contributed by atoms with E-state index in [1.54, 1.807) is 226 Å². The van der Waals surface area contributed by atoms with Crippen LogP contribution >= 0.6 is 0 Å². The van der Waals surface area contributed by atoms with Gasteiger partial charge in [0.1, 0.15) is 53.0 Å². The molecular weight excluding hydrogens is 1550 g/mol. The number of aromatic nitrogens is 15. The Labute approximate surface area is 693 Å². The molecule has 0 spiro atoms. The smallest absolute Gasteiger partial charge is 0.339 e. The van der Waals surface area contributed by atoms with Crippen molar-refractivity contribution in [2.75, 3.05) is 83.3 Å². The van der Waals surface area contributed by atoms with Gasteiger partial charge in [-0.1, -0.05) is 54.2 Å². The van der Waals surface area contributed by atoms with Gasteiger partial charge < -0.3 is 49.1 Å². The molecule has 1 aliphatic rings. The van der Waals surface area contributed by atoms with Gasteiger partial charge in [-0.25, -0.2) is 72.9 Å². The molecule has 12 N–H and O–H groups in total. The molecule has 0 bridgehead atoms. The van der Waals surface area contributed by atoms with Crippen molar-refractivity contribution in [1.29, 1.82) is 0 Å². The van der Waals surface area contributed by atoms with Crippen LogP contribution in [0.2, 0.25) is 0 Å². The van der Waals surface area contributed by atoms with Crippen LogP contribution in [0.5, 0.6) is 0 Å². The Morgan fingerprint density at radius 2 is 0.689 bits per heavy atom. The lowest BCUT2D eigenvalue weighted by atomic mass is 10.2. The Kier molecular flexibility index (Phi) is 24.4. The molecule has 9 aromatic heterocycles. The summed E-state index contributed by atoms with van der Waals surface area (Å²) in [6, 6.07) is 55.8. The van der Waals surface area contributed by atoms with Crippen molar-refractivity contribution in [1.82, 2.24) is 82.1 Å². The molecule has 0 unspecified atom stereocenters. The van der Waals surface area contributed by atoms with E-state index in [0.717, 1.165) is 0 Å². The predicted molar refractivity (Wildman–Crippen MR) is 462 cm³/mol. The van der Waals surface area contributed by atoms with Crippen LogP contribution in [0.15, 0.2) is 252 Å². The van der Waals surface area contributed by atoms with E-state index in [4.69, 9.17) is 17.2 Å². The second-order valence-electron chi connectivity index (χ2n) is 27.2. The molecule has 1 aliphatic carbocycles. The zero-order valence-corrected chi connectivity index (χ0v) is 65.4. The van der Waals surface area contributed by atoms with Crippen molar-refractivity contribution in [3.8, 4) is 69.6 Å². The number of nitrogen functional groups attached to an aromatic ring is 3. The summed E-state index contributed by atoms with van der Waals surface area (Å²) in [5.74, 6) is 14.9. The normalized spacial score (nSPS) is 11.3. The highest BCUT2D eigenvalue weighted by Gasteiger charge is 2.27. The van der Waals surface area contributed by atoms with Gasteiger partial charge in [0.2, 0.25) is 0 Å². The van der Waals surface area contributed by atoms with E-state index >= 15 is 0 Å². The van der Waals surface area contributed by atoms with Crippen molar-refractivity contribution in [3.05, 3.63) is 286 Å². The third kappa shape index (κ3) is 18.6. The van der Waals surface area contributed by atoms with Gasteiger partial charge in [-0.15, -0.1) is 0 Å². The Morgan fingerprint density at radius 1 is 0.369 bits per heavy atom. The lowest BCUT2D eigenvalue weighted by molar-refractivity contribution is -0.112. The van der Waals surface area contributed by atoms with E-state index in [1.165, 1.54) is 59.2 Å². The molecule has 0 atom stereocenters. The number of nitrogens with zero attached hydrogens (tertiary/aromatic N) is 17. The van der Waals surface area contributed by atoms with Crippen LogP contribution in [-0.2, 0) is 14.4 Å². The summed E-state index contributed by atoms with van der Waals surface area (Å²) in [6.45, 7) is 2.53. The highest BCUT2D eigenvalue weighted by atomic mass is 16.2. The molecule has 1 saturated carbocycles. The fraction of sp³-hybridized carbons (Fsp3) is 0.103. The minimum Gasteiger partial charge on any atom is -0.382 e. The maximum atomic E-state index is 13.9. The van der Waals surface area contributed by atoms with Crippen molar-refractivity contribution < 1.29 is 28.8 Å². The second kappa shape index (κ2) is 36.6. The third-order valence-corrected chi connectivity index (χ3v) is 18.5. The highest BCUT2D eigenvalue weighted by Crippen LogP contribution is 2.30. The zero-order chi connectivity index (χ0) is 85.5. The van der Waals surface area contributed by atoms with Gasteiger partial charge in [0.15, 0.2) is 34.4 Å². The molecule has 0 radical (unpaired) electrons. The van der Waals surface area contributed by atoms with E-state index in [-0.39, 0.29) is 52.1 Å². The number of imidazole rings is 3. The summed E-state index contributed by atoms with van der Waals surface area (Å²) < 4.78 is 8.28. The summed E-state index contributed by atoms with van der Waals surface area (Å²) in [5, 5.41) is 16.3. The Morgan fingerprint density at radius 3 is 0.984 bits per heavy atom. The molecule has 9 heterocycles. The molecule has 35 nitrogen and oxygen atoms in total. The zero-order valence-electron chi connectivity index (χ0n) is 65.4. The Hall–Kier alpha value is -17.4. The second-order valence-corrected chi connectivity index (χ2v) is 27.2. The van der Waals surface area contributed by atoms with Gasteiger partial charge in [-0.05, 0) is 222 Å². The summed E-state index contributed by atoms with van der Waals surface area (Å²) in [5.41, 5.74) is 24.2. The SMILES string of the molecule is CC#CC(=O)Nc1cccc(-n2c(=O)n(-c3ccc(C(=O)Nc4ccccn4)cc3)c3c(N)ncnc32)c1.CN(C)CC#CC(=O)Nc1cccc(-n2c(=O)n(-c3ccc(C(=O)Nc4ccccn4)cc3)c3c(N)ncnc32)c1.CN(CC#CC(=O)Nc1cccc(-n2c(=O)n(-c3ccc(C(=O)Nc4ccccn4)cc3)c3c(N)ncnc32)c1)C1CC1. The van der Waals surface area contributed by atoms with Gasteiger partial charge in [0.05, 0.1) is 47.2 Å². The van der Waals surface area contributed by atoms with Gasteiger partial charge in [0.25, 0.3) is 35.4 Å². The number of fused-ring (bicyclic) bond motifs is 3. The highest BCUT2D eigenvalue weighted by molar-refractivity contribution is 6.07. The number of anilines is 9. The van der Waals surface area contributed by atoms with Crippen LogP contribution in [0.3, 0.4) is 0 Å². The van der Waals surface area contributed by atoms with E-state index in [1.807, 2.05) is 26.0 Å². The first kappa shape index (κ1) is 81.2. The first-order valence-corrected chi connectivity index (χ1v) is 37.4. The summed E-state index contributed by atoms with van der Waals surface area (Å²) in [7, 11) is 5.71. The minimum absolute atomic E-state index is 0.100. The van der Waals surface area contributed by atoms with Crippen molar-refractivity contribution in [2.45, 2.75) is 25.8 Å². The molecule has 1 fully saturated rings. The van der Waals surface area contributed by atoms with Crippen molar-refractivity contribution >= 4 is 121 Å². The fourth-order valence-corrected chi connectivity index (χ4v) is 12.7. The average Bonchev–Trinajstić information content (AvgIpc) is 1.60. The van der Waals surface area contributed by atoms with Crippen molar-refractivity contribution in [3.63, 3.8) is 0 Å². The number of hydrogen-bond donors (Lipinski definition) is 9. The first-order chi connectivity index (χ1) is 59.2. The Bertz CT molecular complexity index is 6930. The average molecular weight is 1630 g/mol.